The van der Waals surface area contributed by atoms with Crippen molar-refractivity contribution in [2.45, 2.75) is 52.1 Å². The first-order valence-corrected chi connectivity index (χ1v) is 11.6. The number of carbonyl (C=O) groups excluding carboxylic acids is 1. The number of amides is 1. The zero-order valence-corrected chi connectivity index (χ0v) is 18.7. The summed E-state index contributed by atoms with van der Waals surface area (Å²) >= 11 is 0. The van der Waals surface area contributed by atoms with Crippen LogP contribution in [0.3, 0.4) is 0 Å². The standard InChI is InChI=1S/C26H32N4O/c1-16-5-4-6-24(28-16)29-25-17(2)26(20-7-8-20)30(18(3)31)23-10-9-21(15-22(23)25)19-11-13-27-14-12-19/h4-6,9-11,15,17,20,25-27H,7-8,12-14H2,1-3H3,(H,28,29)/t17-,25?,26-/m1/s1. The van der Waals surface area contributed by atoms with E-state index in [4.69, 9.17) is 4.98 Å². The summed E-state index contributed by atoms with van der Waals surface area (Å²) in [6.07, 6.45) is 5.74. The van der Waals surface area contributed by atoms with Gasteiger partial charge in [0, 0.05) is 36.8 Å². The Balaban J connectivity index is 1.61. The molecular formula is C26H32N4O. The topological polar surface area (TPSA) is 57.3 Å². The fourth-order valence-electron chi connectivity index (χ4n) is 5.43. The molecule has 2 aromatic rings. The molecular weight excluding hydrogens is 384 g/mol. The first kappa shape index (κ1) is 20.3. The number of fused-ring (bicyclic) bond motifs is 1. The fraction of sp³-hybridized carbons (Fsp3) is 0.462. The highest BCUT2D eigenvalue weighted by Gasteiger charge is 2.47. The van der Waals surface area contributed by atoms with E-state index in [2.05, 4.69) is 52.8 Å². The summed E-state index contributed by atoms with van der Waals surface area (Å²) in [5, 5.41) is 7.15. The third-order valence-corrected chi connectivity index (χ3v) is 7.06. The van der Waals surface area contributed by atoms with Gasteiger partial charge in [-0.15, -0.1) is 0 Å². The lowest BCUT2D eigenvalue weighted by atomic mass is 9.79. The Hall–Kier alpha value is -2.66. The Morgan fingerprint density at radius 2 is 2.06 bits per heavy atom. The highest BCUT2D eigenvalue weighted by molar-refractivity contribution is 5.94. The third kappa shape index (κ3) is 3.87. The van der Waals surface area contributed by atoms with Gasteiger partial charge in [0.1, 0.15) is 5.82 Å². The quantitative estimate of drug-likeness (QED) is 0.758. The molecule has 5 rings (SSSR count). The molecule has 2 N–H and O–H groups in total. The number of rotatable bonds is 4. The summed E-state index contributed by atoms with van der Waals surface area (Å²) in [7, 11) is 0. The Labute approximate surface area is 184 Å². The van der Waals surface area contributed by atoms with Crippen LogP contribution in [0.2, 0.25) is 0 Å². The summed E-state index contributed by atoms with van der Waals surface area (Å²) < 4.78 is 0. The van der Waals surface area contributed by atoms with Crippen molar-refractivity contribution in [3.63, 3.8) is 0 Å². The zero-order valence-electron chi connectivity index (χ0n) is 18.7. The van der Waals surface area contributed by atoms with Crippen molar-refractivity contribution in [1.82, 2.24) is 10.3 Å². The third-order valence-electron chi connectivity index (χ3n) is 7.06. The second-order valence-corrected chi connectivity index (χ2v) is 9.32. The van der Waals surface area contributed by atoms with E-state index in [1.807, 2.05) is 19.1 Å². The Morgan fingerprint density at radius 1 is 1.23 bits per heavy atom. The average Bonchev–Trinajstić information content (AvgIpc) is 3.60. The highest BCUT2D eigenvalue weighted by Crippen LogP contribution is 2.50. The number of anilines is 2. The molecule has 2 aliphatic heterocycles. The van der Waals surface area contributed by atoms with Gasteiger partial charge in [-0.05, 0) is 79.6 Å². The molecule has 0 bridgehead atoms. The minimum Gasteiger partial charge on any atom is -0.363 e. The van der Waals surface area contributed by atoms with Crippen LogP contribution >= 0.6 is 0 Å². The summed E-state index contributed by atoms with van der Waals surface area (Å²) in [6.45, 7) is 7.96. The van der Waals surface area contributed by atoms with Crippen LogP contribution in [0.4, 0.5) is 11.5 Å². The number of hydrogen-bond donors (Lipinski definition) is 2. The van der Waals surface area contributed by atoms with Crippen molar-refractivity contribution >= 4 is 23.0 Å². The Kier molecular flexibility index (Phi) is 5.30. The number of hydrogen-bond acceptors (Lipinski definition) is 4. The second kappa shape index (κ2) is 8.12. The molecule has 3 aliphatic rings. The van der Waals surface area contributed by atoms with E-state index in [1.165, 1.54) is 29.5 Å². The average molecular weight is 417 g/mol. The molecule has 3 heterocycles. The monoisotopic (exact) mass is 416 g/mol. The van der Waals surface area contributed by atoms with Gasteiger partial charge in [0.25, 0.3) is 0 Å². The molecule has 1 aliphatic carbocycles. The number of pyridine rings is 1. The van der Waals surface area contributed by atoms with Crippen LogP contribution in [-0.4, -0.2) is 30.0 Å². The molecule has 3 atom stereocenters. The lowest BCUT2D eigenvalue weighted by molar-refractivity contribution is -0.117. The van der Waals surface area contributed by atoms with E-state index >= 15 is 0 Å². The SMILES string of the molecule is CC(=O)N1c2ccc(C3=CCNCC3)cc2C(Nc2cccc(C)n2)[C@@H](C)[C@@H]1C1CC1. The van der Waals surface area contributed by atoms with Crippen LogP contribution in [0.5, 0.6) is 0 Å². The molecule has 31 heavy (non-hydrogen) atoms. The second-order valence-electron chi connectivity index (χ2n) is 9.32. The predicted octanol–water partition coefficient (Wildman–Crippen LogP) is 4.70. The van der Waals surface area contributed by atoms with Crippen LogP contribution in [0, 0.1) is 18.8 Å². The maximum atomic E-state index is 12.8. The number of nitrogens with zero attached hydrogens (tertiary/aromatic N) is 2. The Morgan fingerprint density at radius 3 is 2.74 bits per heavy atom. The van der Waals surface area contributed by atoms with E-state index in [-0.39, 0.29) is 18.0 Å². The minimum absolute atomic E-state index is 0.118. The van der Waals surface area contributed by atoms with Crippen molar-refractivity contribution in [3.8, 4) is 0 Å². The number of aromatic nitrogens is 1. The number of aryl methyl sites for hydroxylation is 1. The molecule has 0 radical (unpaired) electrons. The van der Waals surface area contributed by atoms with Gasteiger partial charge in [0.2, 0.25) is 5.91 Å². The van der Waals surface area contributed by atoms with E-state index in [1.54, 1.807) is 6.92 Å². The molecule has 0 saturated heterocycles. The van der Waals surface area contributed by atoms with Gasteiger partial charge in [-0.2, -0.15) is 0 Å². The Bertz CT molecular complexity index is 1030. The van der Waals surface area contributed by atoms with Crippen molar-refractivity contribution in [2.24, 2.45) is 11.8 Å². The van der Waals surface area contributed by atoms with Crippen molar-refractivity contribution in [3.05, 3.63) is 59.3 Å². The normalized spacial score (nSPS) is 25.6. The van der Waals surface area contributed by atoms with Gasteiger partial charge >= 0.3 is 0 Å². The van der Waals surface area contributed by atoms with Crippen LogP contribution in [0.1, 0.15) is 56.0 Å². The first-order valence-electron chi connectivity index (χ1n) is 11.6. The van der Waals surface area contributed by atoms with Crippen LogP contribution < -0.4 is 15.5 Å². The van der Waals surface area contributed by atoms with E-state index in [0.29, 0.717) is 11.8 Å². The summed E-state index contributed by atoms with van der Waals surface area (Å²) in [6, 6.07) is 13.2. The van der Waals surface area contributed by atoms with Gasteiger partial charge in [0.05, 0.1) is 6.04 Å². The summed E-state index contributed by atoms with van der Waals surface area (Å²) in [5.41, 5.74) is 5.93. The first-order chi connectivity index (χ1) is 15.0. The molecule has 1 aromatic carbocycles. The molecule has 5 heteroatoms. The largest absolute Gasteiger partial charge is 0.363 e. The van der Waals surface area contributed by atoms with E-state index < -0.39 is 0 Å². The molecule has 5 nitrogen and oxygen atoms in total. The lowest BCUT2D eigenvalue weighted by Gasteiger charge is -2.46. The molecule has 1 saturated carbocycles. The maximum Gasteiger partial charge on any atom is 0.224 e. The number of benzene rings is 1. The van der Waals surface area contributed by atoms with Gasteiger partial charge in [-0.1, -0.05) is 25.1 Å². The smallest absolute Gasteiger partial charge is 0.224 e. The summed E-state index contributed by atoms with van der Waals surface area (Å²) in [5.74, 6) is 1.93. The van der Waals surface area contributed by atoms with Gasteiger partial charge in [0.15, 0.2) is 0 Å². The molecule has 1 aromatic heterocycles. The summed E-state index contributed by atoms with van der Waals surface area (Å²) in [4.78, 5) is 19.6. The van der Waals surface area contributed by atoms with Gasteiger partial charge in [-0.3, -0.25) is 4.79 Å². The molecule has 0 spiro atoms. The molecule has 162 valence electrons. The van der Waals surface area contributed by atoms with Crippen molar-refractivity contribution in [1.29, 1.82) is 0 Å². The van der Waals surface area contributed by atoms with Crippen molar-refractivity contribution < 1.29 is 4.79 Å². The zero-order chi connectivity index (χ0) is 21.5. The molecule has 1 fully saturated rings. The van der Waals surface area contributed by atoms with Crippen LogP contribution in [-0.2, 0) is 4.79 Å². The van der Waals surface area contributed by atoms with Crippen molar-refractivity contribution in [2.75, 3.05) is 23.3 Å². The minimum atomic E-state index is 0.118. The van der Waals surface area contributed by atoms with Gasteiger partial charge < -0.3 is 15.5 Å². The molecule has 1 amide bonds. The lowest BCUT2D eigenvalue weighted by Crippen LogP contribution is -2.51. The predicted molar refractivity (Wildman–Crippen MR) is 126 cm³/mol. The van der Waals surface area contributed by atoms with Crippen LogP contribution in [0.25, 0.3) is 5.57 Å². The molecule has 1 unspecified atom stereocenters. The highest BCUT2D eigenvalue weighted by atomic mass is 16.2. The van der Waals surface area contributed by atoms with Crippen LogP contribution in [0.15, 0.2) is 42.5 Å². The number of nitrogens with one attached hydrogen (secondary N) is 2. The van der Waals surface area contributed by atoms with Gasteiger partial charge in [-0.25, -0.2) is 4.98 Å². The number of carbonyl (C=O) groups is 1. The fourth-order valence-corrected chi connectivity index (χ4v) is 5.43. The van der Waals surface area contributed by atoms with E-state index in [0.717, 1.165) is 36.7 Å². The van der Waals surface area contributed by atoms with E-state index in [9.17, 15) is 4.79 Å². The maximum absolute atomic E-state index is 12.8.